The number of nitrogens with one attached hydrogen (secondary N) is 2. The molecule has 0 bridgehead atoms. The van der Waals surface area contributed by atoms with Gasteiger partial charge in [0.15, 0.2) is 0 Å². The number of carbonyl (C=O) groups is 1. The smallest absolute Gasteiger partial charge is 0.230 e. The van der Waals surface area contributed by atoms with Crippen LogP contribution in [-0.2, 0) is 4.79 Å². The zero-order chi connectivity index (χ0) is 19.6. The molecule has 1 aliphatic rings. The molecule has 5 nitrogen and oxygen atoms in total. The average molecular weight is 386 g/mol. The molecule has 1 unspecified atom stereocenters. The van der Waals surface area contributed by atoms with Crippen molar-refractivity contribution in [1.82, 2.24) is 5.43 Å². The SMILES string of the molecule is Cc1cc(O)c(C(C)C)cc1NC(=O)CC1=NNC(c2ccc(Cl)cc2)C1. The van der Waals surface area contributed by atoms with Gasteiger partial charge in [-0.05, 0) is 53.8 Å². The number of halogens is 1. The van der Waals surface area contributed by atoms with E-state index in [2.05, 4.69) is 15.8 Å². The summed E-state index contributed by atoms with van der Waals surface area (Å²) >= 11 is 5.93. The quantitative estimate of drug-likeness (QED) is 0.641. The highest BCUT2D eigenvalue weighted by Crippen LogP contribution is 2.31. The van der Waals surface area contributed by atoms with Crippen LogP contribution in [0.5, 0.6) is 5.75 Å². The van der Waals surface area contributed by atoms with Crippen LogP contribution in [-0.4, -0.2) is 16.7 Å². The van der Waals surface area contributed by atoms with E-state index in [0.717, 1.165) is 28.1 Å². The van der Waals surface area contributed by atoms with Crippen molar-refractivity contribution in [3.63, 3.8) is 0 Å². The summed E-state index contributed by atoms with van der Waals surface area (Å²) in [4.78, 5) is 12.5. The second kappa shape index (κ2) is 8.01. The predicted octanol–water partition coefficient (Wildman–Crippen LogP) is 4.90. The molecule has 3 N–H and O–H groups in total. The Kier molecular flexibility index (Phi) is 5.71. The third-order valence-corrected chi connectivity index (χ3v) is 4.98. The Bertz CT molecular complexity index is 876. The Hall–Kier alpha value is -2.53. The first-order valence-corrected chi connectivity index (χ1v) is 9.41. The number of phenolic OH excluding ortho intramolecular Hbond substituents is 1. The van der Waals surface area contributed by atoms with Crippen LogP contribution in [0.4, 0.5) is 5.69 Å². The fourth-order valence-corrected chi connectivity index (χ4v) is 3.31. The van der Waals surface area contributed by atoms with Gasteiger partial charge < -0.3 is 15.8 Å². The number of phenols is 1. The molecule has 0 spiro atoms. The van der Waals surface area contributed by atoms with Gasteiger partial charge in [-0.3, -0.25) is 4.79 Å². The van der Waals surface area contributed by atoms with Crippen molar-refractivity contribution < 1.29 is 9.90 Å². The number of benzene rings is 2. The van der Waals surface area contributed by atoms with Crippen molar-refractivity contribution in [1.29, 1.82) is 0 Å². The molecule has 0 saturated heterocycles. The minimum atomic E-state index is -0.115. The first-order chi connectivity index (χ1) is 12.8. The van der Waals surface area contributed by atoms with Crippen LogP contribution >= 0.6 is 11.6 Å². The van der Waals surface area contributed by atoms with E-state index in [4.69, 9.17) is 11.6 Å². The molecule has 3 rings (SSSR count). The summed E-state index contributed by atoms with van der Waals surface area (Å²) in [7, 11) is 0. The molecule has 0 saturated carbocycles. The number of anilines is 1. The highest BCUT2D eigenvalue weighted by atomic mass is 35.5. The van der Waals surface area contributed by atoms with Crippen LogP contribution in [0.2, 0.25) is 5.02 Å². The minimum absolute atomic E-state index is 0.0630. The van der Waals surface area contributed by atoms with E-state index in [1.807, 2.05) is 51.1 Å². The molecule has 1 atom stereocenters. The first-order valence-electron chi connectivity index (χ1n) is 9.03. The van der Waals surface area contributed by atoms with Crippen LogP contribution in [0, 0.1) is 6.92 Å². The second-order valence-electron chi connectivity index (χ2n) is 7.22. The van der Waals surface area contributed by atoms with E-state index in [0.29, 0.717) is 11.4 Å². The summed E-state index contributed by atoms with van der Waals surface area (Å²) in [6.07, 6.45) is 0.912. The molecule has 0 radical (unpaired) electrons. The number of hydrazone groups is 1. The van der Waals surface area contributed by atoms with Crippen molar-refractivity contribution in [3.05, 3.63) is 58.1 Å². The van der Waals surface area contributed by atoms with Crippen LogP contribution in [0.15, 0.2) is 41.5 Å². The van der Waals surface area contributed by atoms with Gasteiger partial charge in [-0.1, -0.05) is 37.6 Å². The number of aromatic hydroxyl groups is 1. The maximum absolute atomic E-state index is 12.5. The number of hydrogen-bond acceptors (Lipinski definition) is 4. The zero-order valence-corrected chi connectivity index (χ0v) is 16.5. The van der Waals surface area contributed by atoms with Crippen LogP contribution < -0.4 is 10.7 Å². The van der Waals surface area contributed by atoms with Crippen LogP contribution in [0.3, 0.4) is 0 Å². The molecular weight excluding hydrogens is 362 g/mol. The maximum atomic E-state index is 12.5. The normalized spacial score (nSPS) is 16.2. The molecule has 1 heterocycles. The van der Waals surface area contributed by atoms with E-state index in [-0.39, 0.29) is 30.0 Å². The van der Waals surface area contributed by atoms with E-state index < -0.39 is 0 Å². The molecule has 2 aromatic rings. The molecule has 1 amide bonds. The Labute approximate surface area is 164 Å². The van der Waals surface area contributed by atoms with Crippen molar-refractivity contribution in [2.75, 3.05) is 5.32 Å². The lowest BCUT2D eigenvalue weighted by molar-refractivity contribution is -0.115. The van der Waals surface area contributed by atoms with Gasteiger partial charge in [0.25, 0.3) is 0 Å². The van der Waals surface area contributed by atoms with E-state index in [9.17, 15) is 9.90 Å². The topological polar surface area (TPSA) is 73.7 Å². The van der Waals surface area contributed by atoms with Gasteiger partial charge in [-0.15, -0.1) is 0 Å². The van der Waals surface area contributed by atoms with Gasteiger partial charge in [0.2, 0.25) is 5.91 Å². The summed E-state index contributed by atoms with van der Waals surface area (Å²) in [6.45, 7) is 5.88. The molecule has 2 aromatic carbocycles. The average Bonchev–Trinajstić information content (AvgIpc) is 3.06. The minimum Gasteiger partial charge on any atom is -0.508 e. The van der Waals surface area contributed by atoms with Gasteiger partial charge in [0.1, 0.15) is 5.75 Å². The van der Waals surface area contributed by atoms with Gasteiger partial charge in [0, 0.05) is 22.8 Å². The van der Waals surface area contributed by atoms with Crippen molar-refractivity contribution in [2.24, 2.45) is 5.10 Å². The second-order valence-corrected chi connectivity index (χ2v) is 7.66. The Morgan fingerprint density at radius 2 is 2.04 bits per heavy atom. The van der Waals surface area contributed by atoms with Gasteiger partial charge in [-0.25, -0.2) is 0 Å². The molecule has 142 valence electrons. The van der Waals surface area contributed by atoms with Gasteiger partial charge in [0.05, 0.1) is 12.5 Å². The van der Waals surface area contributed by atoms with Crippen molar-refractivity contribution in [3.8, 4) is 5.75 Å². The van der Waals surface area contributed by atoms with E-state index >= 15 is 0 Å². The molecule has 27 heavy (non-hydrogen) atoms. The lowest BCUT2D eigenvalue weighted by Gasteiger charge is -2.14. The fourth-order valence-electron chi connectivity index (χ4n) is 3.18. The Morgan fingerprint density at radius 3 is 2.70 bits per heavy atom. The summed E-state index contributed by atoms with van der Waals surface area (Å²) in [5, 5.41) is 18.0. The molecule has 0 aliphatic carbocycles. The van der Waals surface area contributed by atoms with E-state index in [1.165, 1.54) is 0 Å². The number of carbonyl (C=O) groups excluding carboxylic acids is 1. The molecule has 0 aromatic heterocycles. The van der Waals surface area contributed by atoms with Crippen LogP contribution in [0.1, 0.15) is 55.3 Å². The number of nitrogens with zero attached hydrogens (tertiary/aromatic N) is 1. The Balaban J connectivity index is 1.62. The largest absolute Gasteiger partial charge is 0.508 e. The maximum Gasteiger partial charge on any atom is 0.230 e. The summed E-state index contributed by atoms with van der Waals surface area (Å²) in [5.41, 5.74) is 7.36. The molecule has 0 fully saturated rings. The highest BCUT2D eigenvalue weighted by molar-refractivity contribution is 6.30. The fraction of sp³-hybridized carbons (Fsp3) is 0.333. The lowest BCUT2D eigenvalue weighted by atomic mass is 9.99. The molecule has 1 aliphatic heterocycles. The zero-order valence-electron chi connectivity index (χ0n) is 15.7. The summed E-state index contributed by atoms with van der Waals surface area (Å²) in [6, 6.07) is 11.2. The first kappa shape index (κ1) is 19.2. The monoisotopic (exact) mass is 385 g/mol. The standard InChI is InChI=1S/C21H24ClN3O2/c1-12(2)17-11-18(13(3)8-20(17)26)23-21(27)10-16-9-19(25-24-16)14-4-6-15(22)7-5-14/h4-8,11-12,19,25-26H,9-10H2,1-3H3,(H,23,27). The number of aryl methyl sites for hydroxylation is 1. The van der Waals surface area contributed by atoms with Gasteiger partial charge >= 0.3 is 0 Å². The number of hydrogen-bond donors (Lipinski definition) is 3. The summed E-state index contributed by atoms with van der Waals surface area (Å²) in [5.74, 6) is 0.316. The van der Waals surface area contributed by atoms with Crippen LogP contribution in [0.25, 0.3) is 0 Å². The number of amides is 1. The Morgan fingerprint density at radius 1 is 1.33 bits per heavy atom. The third kappa shape index (κ3) is 4.61. The summed E-state index contributed by atoms with van der Waals surface area (Å²) < 4.78 is 0. The number of rotatable bonds is 5. The highest BCUT2D eigenvalue weighted by Gasteiger charge is 2.22. The predicted molar refractivity (Wildman–Crippen MR) is 110 cm³/mol. The van der Waals surface area contributed by atoms with Crippen molar-refractivity contribution in [2.45, 2.75) is 45.6 Å². The molecule has 6 heteroatoms. The van der Waals surface area contributed by atoms with Crippen molar-refractivity contribution >= 4 is 28.9 Å². The van der Waals surface area contributed by atoms with E-state index in [1.54, 1.807) is 6.07 Å². The van der Waals surface area contributed by atoms with Gasteiger partial charge in [-0.2, -0.15) is 5.10 Å². The lowest BCUT2D eigenvalue weighted by Crippen LogP contribution is -2.17. The third-order valence-electron chi connectivity index (χ3n) is 4.73. The molecular formula is C21H24ClN3O2.